The predicted molar refractivity (Wildman–Crippen MR) is 124 cm³/mol. The Bertz CT molecular complexity index is 1490. The normalized spacial score (nSPS) is 11.0. The van der Waals surface area contributed by atoms with Crippen LogP contribution in [0.1, 0.15) is 10.5 Å². The van der Waals surface area contributed by atoms with E-state index in [0.717, 1.165) is 16.5 Å². The summed E-state index contributed by atoms with van der Waals surface area (Å²) in [4.78, 5) is 28.2. The van der Waals surface area contributed by atoms with Crippen molar-refractivity contribution in [2.75, 3.05) is 11.9 Å². The third kappa shape index (κ3) is 3.26. The number of carbonyl (C=O) groups excluding carboxylic acids is 1. The number of hydrogen-bond acceptors (Lipinski definition) is 3. The third-order valence-corrected chi connectivity index (χ3v) is 5.43. The van der Waals surface area contributed by atoms with Crippen molar-refractivity contribution in [1.82, 2.24) is 9.78 Å². The summed E-state index contributed by atoms with van der Waals surface area (Å²) >= 11 is 0. The molecule has 0 saturated carbocycles. The van der Waals surface area contributed by atoms with Gasteiger partial charge in [0.1, 0.15) is 0 Å². The standard InChI is InChI=1S/C26H19N3O2/c1-28(21-16-15-18-9-5-6-10-19(18)17-21)26(31)24-22-13-7-8-14-23(22)25(30)29(27-24)20-11-3-2-4-12-20/h2-17H,1H3. The second-order valence-electron chi connectivity index (χ2n) is 7.34. The van der Waals surface area contributed by atoms with Gasteiger partial charge in [-0.3, -0.25) is 9.59 Å². The Balaban J connectivity index is 1.67. The van der Waals surface area contributed by atoms with Gasteiger partial charge in [-0.05, 0) is 41.1 Å². The number of para-hydroxylation sites is 1. The zero-order valence-corrected chi connectivity index (χ0v) is 16.9. The number of fused-ring (bicyclic) bond motifs is 2. The maximum absolute atomic E-state index is 13.5. The van der Waals surface area contributed by atoms with Crippen molar-refractivity contribution >= 4 is 33.1 Å². The number of nitrogens with zero attached hydrogens (tertiary/aromatic N) is 3. The molecule has 31 heavy (non-hydrogen) atoms. The molecule has 0 aliphatic rings. The van der Waals surface area contributed by atoms with Crippen molar-refractivity contribution in [2.24, 2.45) is 0 Å². The van der Waals surface area contributed by atoms with E-state index in [0.29, 0.717) is 16.5 Å². The lowest BCUT2D eigenvalue weighted by Gasteiger charge is -2.19. The molecule has 0 spiro atoms. The molecular formula is C26H19N3O2. The molecule has 5 rings (SSSR count). The number of benzene rings is 4. The van der Waals surface area contributed by atoms with E-state index in [1.807, 2.05) is 66.7 Å². The Morgan fingerprint density at radius 2 is 1.42 bits per heavy atom. The van der Waals surface area contributed by atoms with Crippen molar-refractivity contribution < 1.29 is 4.79 Å². The number of aromatic nitrogens is 2. The highest BCUT2D eigenvalue weighted by molar-refractivity contribution is 6.12. The van der Waals surface area contributed by atoms with Crippen LogP contribution in [0.3, 0.4) is 0 Å². The van der Waals surface area contributed by atoms with E-state index in [-0.39, 0.29) is 17.2 Å². The highest BCUT2D eigenvalue weighted by Gasteiger charge is 2.21. The number of amides is 1. The molecule has 0 saturated heterocycles. The van der Waals surface area contributed by atoms with Crippen LogP contribution in [0, 0.1) is 0 Å². The summed E-state index contributed by atoms with van der Waals surface area (Å²) in [6, 6.07) is 30.1. The molecule has 5 nitrogen and oxygen atoms in total. The van der Waals surface area contributed by atoms with E-state index in [9.17, 15) is 9.59 Å². The molecule has 5 aromatic rings. The van der Waals surface area contributed by atoms with E-state index in [2.05, 4.69) is 5.10 Å². The molecule has 1 amide bonds. The second-order valence-corrected chi connectivity index (χ2v) is 7.34. The van der Waals surface area contributed by atoms with Crippen molar-refractivity contribution in [3.05, 3.63) is 113 Å². The van der Waals surface area contributed by atoms with Crippen LogP contribution < -0.4 is 10.5 Å². The van der Waals surface area contributed by atoms with Gasteiger partial charge in [-0.25, -0.2) is 0 Å². The summed E-state index contributed by atoms with van der Waals surface area (Å²) in [5.41, 5.74) is 1.34. The lowest BCUT2D eigenvalue weighted by Crippen LogP contribution is -2.31. The minimum Gasteiger partial charge on any atom is -0.310 e. The molecule has 0 fully saturated rings. The predicted octanol–water partition coefficient (Wildman–Crippen LogP) is 4.82. The molecule has 0 N–H and O–H groups in total. The SMILES string of the molecule is CN(C(=O)c1nn(-c2ccccc2)c(=O)c2ccccc12)c1ccc2ccccc2c1. The fourth-order valence-electron chi connectivity index (χ4n) is 3.75. The summed E-state index contributed by atoms with van der Waals surface area (Å²) in [5.74, 6) is -0.281. The van der Waals surface area contributed by atoms with Crippen LogP contribution in [-0.2, 0) is 0 Å². The zero-order chi connectivity index (χ0) is 21.4. The third-order valence-electron chi connectivity index (χ3n) is 5.43. The molecule has 0 unspecified atom stereocenters. The first kappa shape index (κ1) is 18.8. The molecule has 5 heteroatoms. The number of rotatable bonds is 3. The monoisotopic (exact) mass is 405 g/mol. The fraction of sp³-hybridized carbons (Fsp3) is 0.0385. The van der Waals surface area contributed by atoms with Gasteiger partial charge in [0.2, 0.25) is 0 Å². The van der Waals surface area contributed by atoms with Crippen molar-refractivity contribution in [2.45, 2.75) is 0 Å². The van der Waals surface area contributed by atoms with Crippen LogP contribution in [0.4, 0.5) is 5.69 Å². The molecule has 0 atom stereocenters. The first-order valence-electron chi connectivity index (χ1n) is 9.98. The Hall–Kier alpha value is -4.25. The first-order valence-corrected chi connectivity index (χ1v) is 9.98. The van der Waals surface area contributed by atoms with Crippen LogP contribution in [0.5, 0.6) is 0 Å². The molecule has 1 aromatic heterocycles. The van der Waals surface area contributed by atoms with Gasteiger partial charge < -0.3 is 4.90 Å². The van der Waals surface area contributed by atoms with Crippen molar-refractivity contribution in [1.29, 1.82) is 0 Å². The highest BCUT2D eigenvalue weighted by Crippen LogP contribution is 2.24. The van der Waals surface area contributed by atoms with Crippen LogP contribution in [0.15, 0.2) is 102 Å². The fourth-order valence-corrected chi connectivity index (χ4v) is 3.75. The Kier molecular flexibility index (Phi) is 4.56. The first-order chi connectivity index (χ1) is 15.1. The summed E-state index contributed by atoms with van der Waals surface area (Å²) < 4.78 is 1.30. The lowest BCUT2D eigenvalue weighted by molar-refractivity contribution is 0.0988. The van der Waals surface area contributed by atoms with Crippen LogP contribution in [0.2, 0.25) is 0 Å². The van der Waals surface area contributed by atoms with E-state index in [4.69, 9.17) is 0 Å². The maximum Gasteiger partial charge on any atom is 0.279 e. The smallest absolute Gasteiger partial charge is 0.279 e. The Morgan fingerprint density at radius 3 is 2.19 bits per heavy atom. The number of carbonyl (C=O) groups is 1. The Labute approximate surface area is 178 Å². The van der Waals surface area contributed by atoms with Crippen molar-refractivity contribution in [3.8, 4) is 5.69 Å². The van der Waals surface area contributed by atoms with Gasteiger partial charge in [-0.1, -0.05) is 66.7 Å². The maximum atomic E-state index is 13.5. The van der Waals surface area contributed by atoms with E-state index in [1.54, 1.807) is 42.3 Å². The van der Waals surface area contributed by atoms with Gasteiger partial charge in [-0.15, -0.1) is 0 Å². The molecular weight excluding hydrogens is 386 g/mol. The van der Waals surface area contributed by atoms with Crippen LogP contribution in [-0.4, -0.2) is 22.7 Å². The molecule has 0 aliphatic carbocycles. The van der Waals surface area contributed by atoms with E-state index in [1.165, 1.54) is 4.68 Å². The lowest BCUT2D eigenvalue weighted by atomic mass is 10.1. The van der Waals surface area contributed by atoms with Gasteiger partial charge in [0.05, 0.1) is 11.1 Å². The largest absolute Gasteiger partial charge is 0.310 e. The summed E-state index contributed by atoms with van der Waals surface area (Å²) in [5, 5.41) is 7.64. The van der Waals surface area contributed by atoms with E-state index < -0.39 is 0 Å². The van der Waals surface area contributed by atoms with Gasteiger partial charge >= 0.3 is 0 Å². The molecule has 150 valence electrons. The van der Waals surface area contributed by atoms with E-state index >= 15 is 0 Å². The molecule has 0 bridgehead atoms. The van der Waals surface area contributed by atoms with Crippen molar-refractivity contribution in [3.63, 3.8) is 0 Å². The topological polar surface area (TPSA) is 55.2 Å². The molecule has 0 radical (unpaired) electrons. The van der Waals surface area contributed by atoms with Gasteiger partial charge in [-0.2, -0.15) is 9.78 Å². The van der Waals surface area contributed by atoms with Crippen LogP contribution in [0.25, 0.3) is 27.2 Å². The van der Waals surface area contributed by atoms with Gasteiger partial charge in [0.15, 0.2) is 5.69 Å². The summed E-state index contributed by atoms with van der Waals surface area (Å²) in [6.45, 7) is 0. The minimum absolute atomic E-state index is 0.231. The second kappa shape index (κ2) is 7.54. The molecule has 0 aliphatic heterocycles. The summed E-state index contributed by atoms with van der Waals surface area (Å²) in [7, 11) is 1.72. The quantitative estimate of drug-likeness (QED) is 0.433. The molecule has 1 heterocycles. The average molecular weight is 405 g/mol. The Morgan fingerprint density at radius 1 is 0.774 bits per heavy atom. The zero-order valence-electron chi connectivity index (χ0n) is 16.9. The highest BCUT2D eigenvalue weighted by atomic mass is 16.2. The number of hydrogen-bond donors (Lipinski definition) is 0. The van der Waals surface area contributed by atoms with Crippen LogP contribution >= 0.6 is 0 Å². The average Bonchev–Trinajstić information content (AvgIpc) is 2.84. The minimum atomic E-state index is -0.281. The number of anilines is 1. The summed E-state index contributed by atoms with van der Waals surface area (Å²) in [6.07, 6.45) is 0. The van der Waals surface area contributed by atoms with Gasteiger partial charge in [0, 0.05) is 18.1 Å². The van der Waals surface area contributed by atoms with Gasteiger partial charge in [0.25, 0.3) is 11.5 Å². The molecule has 4 aromatic carbocycles.